The Morgan fingerprint density at radius 1 is 1.41 bits per heavy atom. The monoisotopic (exact) mass is 324 g/mol. The Kier molecular flexibility index (Phi) is 3.85. The molecular weight excluding hydrogens is 307 g/mol. The van der Waals surface area contributed by atoms with Crippen molar-refractivity contribution in [2.45, 2.75) is 44.7 Å². The van der Waals surface area contributed by atoms with Crippen molar-refractivity contribution in [3.05, 3.63) is 34.6 Å². The third kappa shape index (κ3) is 2.37. The minimum absolute atomic E-state index is 0.0677. The van der Waals surface area contributed by atoms with E-state index in [0.29, 0.717) is 12.0 Å². The molecule has 2 aliphatic rings. The molecule has 0 unspecified atom stereocenters. The van der Waals surface area contributed by atoms with Crippen LogP contribution in [0.25, 0.3) is 0 Å². The highest BCUT2D eigenvalue weighted by molar-refractivity contribution is 6.31. The van der Waals surface area contributed by atoms with E-state index in [1.807, 2.05) is 6.92 Å². The van der Waals surface area contributed by atoms with Crippen LogP contribution in [-0.2, 0) is 11.3 Å². The topological polar surface area (TPSA) is 49.4 Å². The quantitative estimate of drug-likeness (QED) is 0.847. The highest BCUT2D eigenvalue weighted by Gasteiger charge is 2.54. The lowest BCUT2D eigenvalue weighted by Gasteiger charge is -2.36. The number of benzene rings is 1. The van der Waals surface area contributed by atoms with Crippen LogP contribution in [0.15, 0.2) is 18.2 Å². The summed E-state index contributed by atoms with van der Waals surface area (Å²) >= 11 is 6.00. The number of nitrogens with one attached hydrogen (secondary N) is 1. The number of amides is 3. The molecule has 4 nitrogen and oxygen atoms in total. The van der Waals surface area contributed by atoms with E-state index in [2.05, 4.69) is 5.32 Å². The van der Waals surface area contributed by atoms with Gasteiger partial charge < -0.3 is 5.32 Å². The Morgan fingerprint density at radius 3 is 2.86 bits per heavy atom. The summed E-state index contributed by atoms with van der Waals surface area (Å²) in [5, 5.41) is 3.11. The van der Waals surface area contributed by atoms with Crippen LogP contribution in [0.2, 0.25) is 5.02 Å². The van der Waals surface area contributed by atoms with E-state index in [4.69, 9.17) is 11.6 Å². The molecule has 1 saturated heterocycles. The maximum Gasteiger partial charge on any atom is 0.325 e. The fourth-order valence-electron chi connectivity index (χ4n) is 3.46. The Hall–Kier alpha value is -1.62. The molecule has 1 aromatic carbocycles. The zero-order valence-corrected chi connectivity index (χ0v) is 13.1. The first-order chi connectivity index (χ1) is 10.4. The first-order valence-electron chi connectivity index (χ1n) is 7.52. The van der Waals surface area contributed by atoms with Gasteiger partial charge >= 0.3 is 6.03 Å². The van der Waals surface area contributed by atoms with Crippen molar-refractivity contribution in [3.8, 4) is 0 Å². The van der Waals surface area contributed by atoms with Crippen LogP contribution in [0.1, 0.15) is 38.2 Å². The number of rotatable bonds is 2. The summed E-state index contributed by atoms with van der Waals surface area (Å²) in [5.41, 5.74) is -0.214. The van der Waals surface area contributed by atoms with Gasteiger partial charge in [-0.3, -0.25) is 9.69 Å². The Labute approximate surface area is 133 Å². The molecule has 2 atom stereocenters. The van der Waals surface area contributed by atoms with Crippen molar-refractivity contribution >= 4 is 23.5 Å². The lowest BCUT2D eigenvalue weighted by atomic mass is 9.73. The van der Waals surface area contributed by atoms with Crippen molar-refractivity contribution in [2.75, 3.05) is 0 Å². The van der Waals surface area contributed by atoms with E-state index >= 15 is 0 Å². The van der Waals surface area contributed by atoms with E-state index in [0.717, 1.165) is 19.3 Å². The summed E-state index contributed by atoms with van der Waals surface area (Å²) in [6, 6.07) is 3.58. The zero-order chi connectivity index (χ0) is 15.9. The molecule has 0 bridgehead atoms. The third-order valence-corrected chi connectivity index (χ3v) is 5.20. The van der Waals surface area contributed by atoms with E-state index < -0.39 is 11.4 Å². The van der Waals surface area contributed by atoms with Crippen molar-refractivity contribution in [2.24, 2.45) is 5.92 Å². The number of carbonyl (C=O) groups is 2. The van der Waals surface area contributed by atoms with Gasteiger partial charge in [0.2, 0.25) is 0 Å². The van der Waals surface area contributed by atoms with Crippen molar-refractivity contribution in [1.29, 1.82) is 0 Å². The number of halogens is 2. The number of hydrogen-bond acceptors (Lipinski definition) is 2. The molecule has 0 radical (unpaired) electrons. The van der Waals surface area contributed by atoms with Crippen molar-refractivity contribution in [3.63, 3.8) is 0 Å². The fourth-order valence-corrected chi connectivity index (χ4v) is 3.69. The average molecular weight is 325 g/mol. The van der Waals surface area contributed by atoms with E-state index in [9.17, 15) is 14.0 Å². The molecule has 3 rings (SSSR count). The molecule has 1 aromatic rings. The number of carbonyl (C=O) groups excluding carboxylic acids is 2. The van der Waals surface area contributed by atoms with Gasteiger partial charge in [-0.15, -0.1) is 0 Å². The molecule has 1 saturated carbocycles. The average Bonchev–Trinajstić information content (AvgIpc) is 2.70. The van der Waals surface area contributed by atoms with Gasteiger partial charge in [-0.05, 0) is 36.5 Å². The lowest BCUT2D eigenvalue weighted by Crippen LogP contribution is -2.53. The molecule has 118 valence electrons. The van der Waals surface area contributed by atoms with Crippen LogP contribution < -0.4 is 5.32 Å². The van der Waals surface area contributed by atoms with Gasteiger partial charge in [0, 0.05) is 5.02 Å². The predicted molar refractivity (Wildman–Crippen MR) is 80.9 cm³/mol. The second kappa shape index (κ2) is 5.54. The standard InChI is InChI=1S/C16H18ClFN2O2/c1-10-4-2-3-7-16(10)14(21)20(15(22)19-16)9-11-5-6-12(18)8-13(11)17/h5-6,8,10H,2-4,7,9H2,1H3,(H,19,22)/t10-,16+/m0/s1. The zero-order valence-electron chi connectivity index (χ0n) is 12.4. The second-order valence-corrected chi connectivity index (χ2v) is 6.58. The van der Waals surface area contributed by atoms with E-state index in [1.165, 1.54) is 23.1 Å². The Balaban J connectivity index is 1.86. The minimum Gasteiger partial charge on any atom is -0.323 e. The molecule has 0 aromatic heterocycles. The third-order valence-electron chi connectivity index (χ3n) is 4.85. The van der Waals surface area contributed by atoms with Crippen LogP contribution >= 0.6 is 11.6 Å². The van der Waals surface area contributed by atoms with Gasteiger partial charge in [-0.2, -0.15) is 0 Å². The summed E-state index contributed by atoms with van der Waals surface area (Å²) < 4.78 is 13.1. The molecular formula is C16H18ClFN2O2. The SMILES string of the molecule is C[C@H]1CCCC[C@@]12NC(=O)N(Cc1ccc(F)cc1Cl)C2=O. The summed E-state index contributed by atoms with van der Waals surface area (Å²) in [6.07, 6.45) is 3.61. The van der Waals surface area contributed by atoms with Crippen LogP contribution in [0.3, 0.4) is 0 Å². The van der Waals surface area contributed by atoms with Crippen molar-refractivity contribution in [1.82, 2.24) is 10.2 Å². The first kappa shape index (κ1) is 15.3. The minimum atomic E-state index is -0.776. The second-order valence-electron chi connectivity index (χ2n) is 6.18. The predicted octanol–water partition coefficient (Wildman–Crippen LogP) is 3.48. The molecule has 22 heavy (non-hydrogen) atoms. The lowest BCUT2D eigenvalue weighted by molar-refractivity contribution is -0.134. The first-order valence-corrected chi connectivity index (χ1v) is 7.90. The molecule has 2 fully saturated rings. The van der Waals surface area contributed by atoms with Gasteiger partial charge in [0.1, 0.15) is 11.4 Å². The van der Waals surface area contributed by atoms with Crippen LogP contribution in [-0.4, -0.2) is 22.4 Å². The molecule has 1 aliphatic heterocycles. The van der Waals surface area contributed by atoms with Gasteiger partial charge in [-0.25, -0.2) is 9.18 Å². The van der Waals surface area contributed by atoms with E-state index in [1.54, 1.807) is 0 Å². The molecule has 1 N–H and O–H groups in total. The summed E-state index contributed by atoms with van der Waals surface area (Å²) in [4.78, 5) is 26.3. The maximum atomic E-state index is 13.1. The highest BCUT2D eigenvalue weighted by atomic mass is 35.5. The van der Waals surface area contributed by atoms with Gasteiger partial charge in [0.05, 0.1) is 6.54 Å². The fraction of sp³-hybridized carbons (Fsp3) is 0.500. The summed E-state index contributed by atoms with van der Waals surface area (Å²) in [5.74, 6) is -0.514. The summed E-state index contributed by atoms with van der Waals surface area (Å²) in [6.45, 7) is 2.07. The Morgan fingerprint density at radius 2 is 2.18 bits per heavy atom. The molecule has 1 aliphatic carbocycles. The number of hydrogen-bond donors (Lipinski definition) is 1. The van der Waals surface area contributed by atoms with Crippen LogP contribution in [0.5, 0.6) is 0 Å². The maximum absolute atomic E-state index is 13.1. The Bertz CT molecular complexity index is 637. The normalized spacial score (nSPS) is 28.3. The number of urea groups is 1. The largest absolute Gasteiger partial charge is 0.325 e. The highest BCUT2D eigenvalue weighted by Crippen LogP contribution is 2.38. The van der Waals surface area contributed by atoms with Crippen LogP contribution in [0.4, 0.5) is 9.18 Å². The van der Waals surface area contributed by atoms with Gasteiger partial charge in [0.25, 0.3) is 5.91 Å². The van der Waals surface area contributed by atoms with Crippen molar-refractivity contribution < 1.29 is 14.0 Å². The van der Waals surface area contributed by atoms with Gasteiger partial charge in [0.15, 0.2) is 0 Å². The molecule has 6 heteroatoms. The molecule has 3 amide bonds. The molecule has 1 spiro atoms. The smallest absolute Gasteiger partial charge is 0.323 e. The number of nitrogens with zero attached hydrogens (tertiary/aromatic N) is 1. The number of imide groups is 1. The van der Waals surface area contributed by atoms with Crippen LogP contribution in [0, 0.1) is 11.7 Å². The van der Waals surface area contributed by atoms with E-state index in [-0.39, 0.29) is 29.4 Å². The summed E-state index contributed by atoms with van der Waals surface area (Å²) in [7, 11) is 0. The molecule has 1 heterocycles. The van der Waals surface area contributed by atoms with Gasteiger partial charge in [-0.1, -0.05) is 37.4 Å².